The lowest BCUT2D eigenvalue weighted by atomic mass is 9.77. The fourth-order valence-electron chi connectivity index (χ4n) is 3.92. The first-order valence-electron chi connectivity index (χ1n) is 7.65. The largest absolute Gasteiger partial charge is 0.383 e. The van der Waals surface area contributed by atoms with E-state index >= 15 is 0 Å². The van der Waals surface area contributed by atoms with Crippen molar-refractivity contribution in [2.24, 2.45) is 17.3 Å². The van der Waals surface area contributed by atoms with Gasteiger partial charge in [-0.1, -0.05) is 23.7 Å². The van der Waals surface area contributed by atoms with E-state index in [1.165, 1.54) is 31.2 Å². The minimum atomic E-state index is 0.454. The van der Waals surface area contributed by atoms with E-state index in [1.54, 1.807) is 7.11 Å². The maximum atomic E-state index is 5.99. The van der Waals surface area contributed by atoms with Gasteiger partial charge >= 0.3 is 0 Å². The average Bonchev–Trinajstić information content (AvgIpc) is 3.06. The molecule has 0 aliphatic heterocycles. The predicted octanol–water partition coefficient (Wildman–Crippen LogP) is 3.53. The second-order valence-electron chi connectivity index (χ2n) is 6.64. The first kappa shape index (κ1) is 14.4. The van der Waals surface area contributed by atoms with Crippen LogP contribution in [0.2, 0.25) is 5.02 Å². The van der Waals surface area contributed by atoms with Crippen molar-refractivity contribution in [3.8, 4) is 0 Å². The van der Waals surface area contributed by atoms with E-state index in [0.717, 1.165) is 36.6 Å². The van der Waals surface area contributed by atoms with Crippen LogP contribution in [0, 0.1) is 17.3 Å². The summed E-state index contributed by atoms with van der Waals surface area (Å²) in [6.45, 7) is 2.87. The highest BCUT2D eigenvalue weighted by atomic mass is 35.5. The van der Waals surface area contributed by atoms with E-state index in [1.807, 2.05) is 12.1 Å². The van der Waals surface area contributed by atoms with Crippen molar-refractivity contribution < 1.29 is 4.74 Å². The third-order valence-corrected chi connectivity index (χ3v) is 5.19. The molecule has 0 saturated heterocycles. The van der Waals surface area contributed by atoms with Crippen molar-refractivity contribution >= 4 is 11.6 Å². The van der Waals surface area contributed by atoms with E-state index in [0.29, 0.717) is 5.41 Å². The highest BCUT2D eigenvalue weighted by Crippen LogP contribution is 2.60. The van der Waals surface area contributed by atoms with Gasteiger partial charge in [0, 0.05) is 25.2 Å². The molecule has 0 amide bonds. The molecule has 3 heteroatoms. The molecule has 0 radical (unpaired) electrons. The quantitative estimate of drug-likeness (QED) is 0.777. The third-order valence-electron chi connectivity index (χ3n) is 4.93. The van der Waals surface area contributed by atoms with Crippen molar-refractivity contribution in [3.63, 3.8) is 0 Å². The molecule has 2 saturated carbocycles. The maximum absolute atomic E-state index is 5.99. The lowest BCUT2D eigenvalue weighted by Gasteiger charge is -2.31. The monoisotopic (exact) mass is 293 g/mol. The lowest BCUT2D eigenvalue weighted by molar-refractivity contribution is 0.186. The summed E-state index contributed by atoms with van der Waals surface area (Å²) in [5.41, 5.74) is 1.87. The first-order chi connectivity index (χ1) is 9.71. The number of hydrogen-bond acceptors (Lipinski definition) is 2. The second-order valence-corrected chi connectivity index (χ2v) is 7.07. The fraction of sp³-hybridized carbons (Fsp3) is 0.647. The van der Waals surface area contributed by atoms with Crippen molar-refractivity contribution in [2.75, 3.05) is 26.8 Å². The molecule has 2 aliphatic carbocycles. The number of ether oxygens (including phenoxy) is 1. The van der Waals surface area contributed by atoms with Crippen LogP contribution in [0.3, 0.4) is 0 Å². The fourth-order valence-corrected chi connectivity index (χ4v) is 4.05. The molecule has 110 valence electrons. The van der Waals surface area contributed by atoms with Gasteiger partial charge in [0.2, 0.25) is 0 Å². The Morgan fingerprint density at radius 3 is 2.60 bits per heavy atom. The smallest absolute Gasteiger partial charge is 0.0587 e. The molecule has 1 N–H and O–H groups in total. The van der Waals surface area contributed by atoms with Gasteiger partial charge in [0.05, 0.1) is 6.61 Å². The van der Waals surface area contributed by atoms with Gasteiger partial charge < -0.3 is 10.1 Å². The van der Waals surface area contributed by atoms with Gasteiger partial charge in [0.15, 0.2) is 0 Å². The molecular formula is C17H24ClNO. The van der Waals surface area contributed by atoms with Gasteiger partial charge in [-0.05, 0) is 60.6 Å². The zero-order valence-electron chi connectivity index (χ0n) is 12.2. The molecule has 0 aromatic heterocycles. The van der Waals surface area contributed by atoms with Crippen molar-refractivity contribution in [1.82, 2.24) is 5.32 Å². The van der Waals surface area contributed by atoms with Crippen LogP contribution in [-0.2, 0) is 11.2 Å². The predicted molar refractivity (Wildman–Crippen MR) is 83.2 cm³/mol. The summed E-state index contributed by atoms with van der Waals surface area (Å²) >= 11 is 5.99. The minimum absolute atomic E-state index is 0.454. The van der Waals surface area contributed by atoms with Gasteiger partial charge in [-0.25, -0.2) is 0 Å². The van der Waals surface area contributed by atoms with Gasteiger partial charge in [0.1, 0.15) is 0 Å². The number of rotatable bonds is 7. The average molecular weight is 294 g/mol. The summed E-state index contributed by atoms with van der Waals surface area (Å²) in [6.07, 6.45) is 5.43. The third kappa shape index (κ3) is 3.36. The van der Waals surface area contributed by atoms with Crippen molar-refractivity contribution in [2.45, 2.75) is 25.7 Å². The number of methoxy groups -OCH3 is 1. The van der Waals surface area contributed by atoms with E-state index in [9.17, 15) is 0 Å². The Kier molecular flexibility index (Phi) is 4.34. The molecule has 2 unspecified atom stereocenters. The standard InChI is InChI=1S/C17H24ClNO/c1-20-7-6-19-12-17(10-14-8-15(14)11-17)9-13-2-4-16(18)5-3-13/h2-5,14-15,19H,6-12H2,1H3. The number of hydrogen-bond donors (Lipinski definition) is 1. The van der Waals surface area contributed by atoms with E-state index in [2.05, 4.69) is 17.4 Å². The summed E-state index contributed by atoms with van der Waals surface area (Å²) in [4.78, 5) is 0. The highest BCUT2D eigenvalue weighted by Gasteiger charge is 2.53. The molecule has 0 bridgehead atoms. The summed E-state index contributed by atoms with van der Waals surface area (Å²) < 4.78 is 5.12. The Morgan fingerprint density at radius 2 is 1.95 bits per heavy atom. The Balaban J connectivity index is 1.62. The van der Waals surface area contributed by atoms with E-state index in [-0.39, 0.29) is 0 Å². The van der Waals surface area contributed by atoms with Crippen LogP contribution in [0.5, 0.6) is 0 Å². The summed E-state index contributed by atoms with van der Waals surface area (Å²) in [7, 11) is 1.76. The van der Waals surface area contributed by atoms with Crippen LogP contribution in [0.4, 0.5) is 0 Å². The SMILES string of the molecule is COCCNCC1(Cc2ccc(Cl)cc2)CC2CC2C1. The summed E-state index contributed by atoms with van der Waals surface area (Å²) in [6, 6.07) is 8.39. The van der Waals surface area contributed by atoms with Crippen LogP contribution in [0.25, 0.3) is 0 Å². The van der Waals surface area contributed by atoms with Crippen molar-refractivity contribution in [1.29, 1.82) is 0 Å². The highest BCUT2D eigenvalue weighted by molar-refractivity contribution is 6.30. The molecular weight excluding hydrogens is 270 g/mol. The zero-order valence-corrected chi connectivity index (χ0v) is 13.0. The molecule has 2 fully saturated rings. The van der Waals surface area contributed by atoms with Gasteiger partial charge in [0.25, 0.3) is 0 Å². The summed E-state index contributed by atoms with van der Waals surface area (Å²) in [5.74, 6) is 2.01. The molecule has 0 spiro atoms. The van der Waals surface area contributed by atoms with Gasteiger partial charge in [-0.3, -0.25) is 0 Å². The Morgan fingerprint density at radius 1 is 1.25 bits per heavy atom. The molecule has 2 atom stereocenters. The van der Waals surface area contributed by atoms with Gasteiger partial charge in [-0.15, -0.1) is 0 Å². The molecule has 1 aromatic rings. The Hall–Kier alpha value is -0.570. The van der Waals surface area contributed by atoms with Crippen molar-refractivity contribution in [3.05, 3.63) is 34.9 Å². The maximum Gasteiger partial charge on any atom is 0.0587 e. The Labute approximate surface area is 126 Å². The van der Waals surface area contributed by atoms with Crippen LogP contribution >= 0.6 is 11.6 Å². The van der Waals surface area contributed by atoms with E-state index in [4.69, 9.17) is 16.3 Å². The van der Waals surface area contributed by atoms with Crippen LogP contribution in [-0.4, -0.2) is 26.8 Å². The van der Waals surface area contributed by atoms with Crippen LogP contribution in [0.1, 0.15) is 24.8 Å². The number of benzene rings is 1. The summed E-state index contributed by atoms with van der Waals surface area (Å²) in [5, 5.41) is 4.42. The molecule has 0 heterocycles. The molecule has 2 aliphatic rings. The second kappa shape index (κ2) is 6.05. The molecule has 2 nitrogen and oxygen atoms in total. The van der Waals surface area contributed by atoms with Crippen LogP contribution < -0.4 is 5.32 Å². The van der Waals surface area contributed by atoms with E-state index < -0.39 is 0 Å². The normalized spacial score (nSPS) is 31.3. The zero-order chi connectivity index (χ0) is 14.0. The first-order valence-corrected chi connectivity index (χ1v) is 8.03. The number of nitrogens with one attached hydrogen (secondary N) is 1. The topological polar surface area (TPSA) is 21.3 Å². The Bertz CT molecular complexity index is 435. The number of fused-ring (bicyclic) bond motifs is 1. The number of halogens is 1. The lowest BCUT2D eigenvalue weighted by Crippen LogP contribution is -2.36. The van der Waals surface area contributed by atoms with Crippen LogP contribution in [0.15, 0.2) is 24.3 Å². The molecule has 20 heavy (non-hydrogen) atoms. The molecule has 3 rings (SSSR count). The van der Waals surface area contributed by atoms with Gasteiger partial charge in [-0.2, -0.15) is 0 Å². The minimum Gasteiger partial charge on any atom is -0.383 e. The molecule has 1 aromatic carbocycles.